The van der Waals surface area contributed by atoms with E-state index >= 15 is 0 Å². The zero-order valence-electron chi connectivity index (χ0n) is 13.8. The molecule has 0 heterocycles. The van der Waals surface area contributed by atoms with Gasteiger partial charge < -0.3 is 16.0 Å². The van der Waals surface area contributed by atoms with Crippen LogP contribution in [0.2, 0.25) is 0 Å². The largest absolute Gasteiger partial charge is 0.378 e. The predicted octanol–water partition coefficient (Wildman–Crippen LogP) is 2.72. The van der Waals surface area contributed by atoms with Gasteiger partial charge in [0.25, 0.3) is 11.8 Å². The molecule has 0 bridgehead atoms. The highest BCUT2D eigenvalue weighted by molar-refractivity contribution is 6.09. The lowest BCUT2D eigenvalue weighted by Crippen LogP contribution is -2.20. The van der Waals surface area contributed by atoms with Crippen LogP contribution in [0, 0.1) is 13.8 Å². The highest BCUT2D eigenvalue weighted by Gasteiger charge is 2.15. The zero-order valence-corrected chi connectivity index (χ0v) is 13.8. The molecular formula is C18H21N3O2. The van der Waals surface area contributed by atoms with E-state index in [0.717, 1.165) is 16.8 Å². The van der Waals surface area contributed by atoms with E-state index in [9.17, 15) is 9.59 Å². The summed E-state index contributed by atoms with van der Waals surface area (Å²) in [5.41, 5.74) is 9.52. The van der Waals surface area contributed by atoms with Crippen LogP contribution < -0.4 is 16.0 Å². The Morgan fingerprint density at radius 2 is 1.70 bits per heavy atom. The summed E-state index contributed by atoms with van der Waals surface area (Å²) in [4.78, 5) is 26.0. The minimum atomic E-state index is -0.579. The number of nitrogens with one attached hydrogen (secondary N) is 1. The molecule has 2 aromatic carbocycles. The molecule has 2 aromatic rings. The van der Waals surface area contributed by atoms with Crippen LogP contribution in [0.4, 0.5) is 11.4 Å². The third-order valence-electron chi connectivity index (χ3n) is 3.66. The van der Waals surface area contributed by atoms with Crippen LogP contribution in [0.1, 0.15) is 31.8 Å². The van der Waals surface area contributed by atoms with Crippen LogP contribution >= 0.6 is 0 Å². The van der Waals surface area contributed by atoms with Crippen molar-refractivity contribution in [1.82, 2.24) is 0 Å². The summed E-state index contributed by atoms with van der Waals surface area (Å²) in [6.45, 7) is 3.85. The third kappa shape index (κ3) is 3.69. The van der Waals surface area contributed by atoms with Crippen LogP contribution in [0.5, 0.6) is 0 Å². The molecule has 0 aliphatic carbocycles. The first-order chi connectivity index (χ1) is 10.8. The molecule has 0 aliphatic rings. The second-order valence-electron chi connectivity index (χ2n) is 5.76. The molecule has 0 saturated carbocycles. The van der Waals surface area contributed by atoms with E-state index in [1.807, 2.05) is 51.0 Å². The fourth-order valence-electron chi connectivity index (χ4n) is 2.38. The third-order valence-corrected chi connectivity index (χ3v) is 3.66. The molecule has 5 heteroatoms. The number of primary amides is 1. The van der Waals surface area contributed by atoms with E-state index in [1.54, 1.807) is 18.2 Å². The van der Waals surface area contributed by atoms with E-state index in [1.165, 1.54) is 0 Å². The molecule has 0 atom stereocenters. The van der Waals surface area contributed by atoms with Gasteiger partial charge in [0.1, 0.15) is 0 Å². The highest BCUT2D eigenvalue weighted by atomic mass is 16.2. The van der Waals surface area contributed by atoms with Gasteiger partial charge in [-0.25, -0.2) is 0 Å². The second kappa shape index (κ2) is 6.52. The fraction of sp³-hybridized carbons (Fsp3) is 0.222. The number of nitrogens with zero attached hydrogens (tertiary/aromatic N) is 1. The van der Waals surface area contributed by atoms with Gasteiger partial charge in [-0.1, -0.05) is 17.7 Å². The van der Waals surface area contributed by atoms with E-state index < -0.39 is 5.91 Å². The predicted molar refractivity (Wildman–Crippen MR) is 93.2 cm³/mol. The number of rotatable bonds is 4. The van der Waals surface area contributed by atoms with Crippen molar-refractivity contribution in [1.29, 1.82) is 0 Å². The van der Waals surface area contributed by atoms with Gasteiger partial charge in [0.2, 0.25) is 0 Å². The Morgan fingerprint density at radius 1 is 1.00 bits per heavy atom. The summed E-state index contributed by atoms with van der Waals surface area (Å²) in [5, 5.41) is 2.78. The van der Waals surface area contributed by atoms with Gasteiger partial charge in [-0.2, -0.15) is 0 Å². The summed E-state index contributed by atoms with van der Waals surface area (Å²) in [6.07, 6.45) is 0. The normalized spacial score (nSPS) is 10.3. The summed E-state index contributed by atoms with van der Waals surface area (Å²) < 4.78 is 0. The van der Waals surface area contributed by atoms with E-state index in [4.69, 9.17) is 5.73 Å². The maximum absolute atomic E-state index is 12.5. The van der Waals surface area contributed by atoms with Gasteiger partial charge in [-0.15, -0.1) is 0 Å². The Balaban J connectivity index is 2.35. The summed E-state index contributed by atoms with van der Waals surface area (Å²) in [6, 6.07) is 10.8. The number of aryl methyl sites for hydroxylation is 2. The summed E-state index contributed by atoms with van der Waals surface area (Å²) in [5.74, 6) is -0.841. The van der Waals surface area contributed by atoms with Crippen molar-refractivity contribution in [2.24, 2.45) is 5.73 Å². The topological polar surface area (TPSA) is 75.4 Å². The first kappa shape index (κ1) is 16.5. The highest BCUT2D eigenvalue weighted by Crippen LogP contribution is 2.23. The first-order valence-electron chi connectivity index (χ1n) is 7.29. The van der Waals surface area contributed by atoms with Crippen LogP contribution in [0.25, 0.3) is 0 Å². The minimum Gasteiger partial charge on any atom is -0.378 e. The Hall–Kier alpha value is -2.82. The molecular weight excluding hydrogens is 290 g/mol. The number of carbonyl (C=O) groups excluding carboxylic acids is 2. The number of hydrogen-bond acceptors (Lipinski definition) is 3. The Morgan fingerprint density at radius 3 is 2.26 bits per heavy atom. The van der Waals surface area contributed by atoms with E-state index in [2.05, 4.69) is 5.32 Å². The Bertz CT molecular complexity index is 767. The molecule has 0 radical (unpaired) electrons. The van der Waals surface area contributed by atoms with Crippen LogP contribution in [-0.4, -0.2) is 25.9 Å². The van der Waals surface area contributed by atoms with Crippen molar-refractivity contribution in [3.05, 3.63) is 58.7 Å². The van der Waals surface area contributed by atoms with Gasteiger partial charge in [-0.05, 0) is 43.7 Å². The molecule has 0 fully saturated rings. The zero-order chi connectivity index (χ0) is 17.1. The number of benzene rings is 2. The first-order valence-corrected chi connectivity index (χ1v) is 7.29. The van der Waals surface area contributed by atoms with E-state index in [0.29, 0.717) is 11.3 Å². The SMILES string of the molecule is Cc1ccc(C(=O)Nc2ccc(N(C)C)cc2C(N)=O)c(C)c1. The average Bonchev–Trinajstić information content (AvgIpc) is 2.46. The molecule has 2 rings (SSSR count). The molecule has 23 heavy (non-hydrogen) atoms. The van der Waals surface area contributed by atoms with Crippen molar-refractivity contribution in [3.8, 4) is 0 Å². The van der Waals surface area contributed by atoms with Crippen molar-refractivity contribution < 1.29 is 9.59 Å². The van der Waals surface area contributed by atoms with Gasteiger partial charge >= 0.3 is 0 Å². The molecule has 0 unspecified atom stereocenters. The van der Waals surface area contributed by atoms with Gasteiger partial charge in [-0.3, -0.25) is 9.59 Å². The lowest BCUT2D eigenvalue weighted by Gasteiger charge is -2.16. The summed E-state index contributed by atoms with van der Waals surface area (Å²) in [7, 11) is 3.74. The van der Waals surface area contributed by atoms with Gasteiger partial charge in [0, 0.05) is 25.3 Å². The quantitative estimate of drug-likeness (QED) is 0.911. The maximum Gasteiger partial charge on any atom is 0.255 e. The lowest BCUT2D eigenvalue weighted by molar-refractivity contribution is 0.100. The number of hydrogen-bond donors (Lipinski definition) is 2. The Kier molecular flexibility index (Phi) is 4.69. The van der Waals surface area contributed by atoms with Crippen LogP contribution in [0.3, 0.4) is 0 Å². The minimum absolute atomic E-state index is 0.261. The smallest absolute Gasteiger partial charge is 0.255 e. The van der Waals surface area contributed by atoms with E-state index in [-0.39, 0.29) is 11.5 Å². The lowest BCUT2D eigenvalue weighted by atomic mass is 10.0. The molecule has 2 amide bonds. The van der Waals surface area contributed by atoms with Crippen molar-refractivity contribution in [2.45, 2.75) is 13.8 Å². The second-order valence-corrected chi connectivity index (χ2v) is 5.76. The monoisotopic (exact) mass is 311 g/mol. The molecule has 3 N–H and O–H groups in total. The fourth-order valence-corrected chi connectivity index (χ4v) is 2.38. The standard InChI is InChI=1S/C18H21N3O2/c1-11-5-7-14(12(2)9-11)18(23)20-16-8-6-13(21(3)4)10-15(16)17(19)22/h5-10H,1-4H3,(H2,19,22)(H,20,23). The van der Waals surface area contributed by atoms with Crippen LogP contribution in [-0.2, 0) is 0 Å². The van der Waals surface area contributed by atoms with Gasteiger partial charge in [0.15, 0.2) is 0 Å². The number of carbonyl (C=O) groups is 2. The molecule has 5 nitrogen and oxygen atoms in total. The molecule has 0 aromatic heterocycles. The van der Waals surface area contributed by atoms with Crippen molar-refractivity contribution in [3.63, 3.8) is 0 Å². The summed E-state index contributed by atoms with van der Waals surface area (Å²) >= 11 is 0. The molecule has 0 saturated heterocycles. The average molecular weight is 311 g/mol. The Labute approximate surface area is 136 Å². The molecule has 0 aliphatic heterocycles. The molecule has 0 spiro atoms. The number of nitrogens with two attached hydrogens (primary N) is 1. The maximum atomic E-state index is 12.5. The van der Waals surface area contributed by atoms with Crippen LogP contribution in [0.15, 0.2) is 36.4 Å². The number of amides is 2. The van der Waals surface area contributed by atoms with Gasteiger partial charge in [0.05, 0.1) is 11.3 Å². The van der Waals surface area contributed by atoms with Crippen molar-refractivity contribution >= 4 is 23.2 Å². The number of anilines is 2. The molecule has 120 valence electrons. The van der Waals surface area contributed by atoms with Crippen molar-refractivity contribution in [2.75, 3.05) is 24.3 Å².